The molecule has 0 saturated heterocycles. The van der Waals surface area contributed by atoms with Crippen LogP contribution in [0.15, 0.2) is 77.7 Å². The minimum atomic E-state index is -3.89. The molecule has 1 heterocycles. The number of fused-ring (bicyclic) bond motifs is 1. The van der Waals surface area contributed by atoms with Gasteiger partial charge in [0.05, 0.1) is 10.6 Å². The summed E-state index contributed by atoms with van der Waals surface area (Å²) in [5.41, 5.74) is 1.83. The molecular weight excluding hydrogens is 428 g/mol. The van der Waals surface area contributed by atoms with Crippen LogP contribution in [-0.4, -0.2) is 27.2 Å². The number of carbonyl (C=O) groups excluding carboxylic acids is 1. The highest BCUT2D eigenvalue weighted by molar-refractivity contribution is 7.92. The van der Waals surface area contributed by atoms with Crippen molar-refractivity contribution in [2.24, 2.45) is 0 Å². The first-order chi connectivity index (χ1) is 15.4. The van der Waals surface area contributed by atoms with Crippen molar-refractivity contribution in [2.75, 3.05) is 11.5 Å². The van der Waals surface area contributed by atoms with E-state index in [1.165, 1.54) is 17.7 Å². The van der Waals surface area contributed by atoms with Crippen LogP contribution < -0.4 is 19.5 Å². The number of rotatable bonds is 8. The van der Waals surface area contributed by atoms with Crippen molar-refractivity contribution in [3.63, 3.8) is 0 Å². The zero-order valence-corrected chi connectivity index (χ0v) is 18.4. The molecule has 4 rings (SSSR count). The van der Waals surface area contributed by atoms with E-state index >= 15 is 0 Å². The quantitative estimate of drug-likeness (QED) is 0.539. The van der Waals surface area contributed by atoms with Crippen molar-refractivity contribution < 1.29 is 22.7 Å². The maximum atomic E-state index is 12.8. The van der Waals surface area contributed by atoms with Crippen molar-refractivity contribution in [2.45, 2.75) is 30.7 Å². The minimum Gasteiger partial charge on any atom is -0.454 e. The average molecular weight is 453 g/mol. The van der Waals surface area contributed by atoms with E-state index in [1.54, 1.807) is 30.3 Å². The Bertz CT molecular complexity index is 1210. The maximum Gasteiger partial charge on any atom is 0.261 e. The van der Waals surface area contributed by atoms with Crippen LogP contribution in [0.1, 0.15) is 29.3 Å². The summed E-state index contributed by atoms with van der Waals surface area (Å²) in [4.78, 5) is 12.7. The standard InChI is InChI=1S/C24H24N2O5S/c1-17(10-11-18-6-3-2-4-7-18)25-24(27)19-8-5-9-21(14-19)32(28,29)26-20-12-13-22-23(15-20)31-16-30-22/h2-9,12-15,17,26H,10-11,16H2,1H3,(H,25,27). The highest BCUT2D eigenvalue weighted by Crippen LogP contribution is 2.34. The Morgan fingerprint density at radius 3 is 2.56 bits per heavy atom. The number of anilines is 1. The molecule has 1 unspecified atom stereocenters. The molecule has 7 nitrogen and oxygen atoms in total. The fourth-order valence-corrected chi connectivity index (χ4v) is 4.48. The summed E-state index contributed by atoms with van der Waals surface area (Å²) in [6.45, 7) is 2.04. The largest absolute Gasteiger partial charge is 0.454 e. The van der Waals surface area contributed by atoms with Gasteiger partial charge in [-0.3, -0.25) is 9.52 Å². The molecule has 8 heteroatoms. The van der Waals surface area contributed by atoms with Crippen LogP contribution in [0, 0.1) is 0 Å². The molecule has 2 N–H and O–H groups in total. The molecule has 1 atom stereocenters. The van der Waals surface area contributed by atoms with Crippen LogP contribution in [0.5, 0.6) is 11.5 Å². The third-order valence-electron chi connectivity index (χ3n) is 5.12. The highest BCUT2D eigenvalue weighted by atomic mass is 32.2. The average Bonchev–Trinajstić information content (AvgIpc) is 3.26. The van der Waals surface area contributed by atoms with E-state index in [1.807, 2.05) is 25.1 Å². The van der Waals surface area contributed by atoms with Crippen molar-refractivity contribution in [1.82, 2.24) is 5.32 Å². The molecule has 1 aliphatic rings. The van der Waals surface area contributed by atoms with Crippen LogP contribution in [0.4, 0.5) is 5.69 Å². The van der Waals surface area contributed by atoms with Crippen LogP contribution in [0.3, 0.4) is 0 Å². The van der Waals surface area contributed by atoms with Gasteiger partial charge in [-0.25, -0.2) is 8.42 Å². The lowest BCUT2D eigenvalue weighted by atomic mass is 10.1. The predicted molar refractivity (Wildman–Crippen MR) is 122 cm³/mol. The van der Waals surface area contributed by atoms with Crippen LogP contribution in [0.25, 0.3) is 0 Å². The van der Waals surface area contributed by atoms with Gasteiger partial charge >= 0.3 is 0 Å². The van der Waals surface area contributed by atoms with Gasteiger partial charge in [-0.1, -0.05) is 36.4 Å². The van der Waals surface area contributed by atoms with Crippen molar-refractivity contribution >= 4 is 21.6 Å². The van der Waals surface area contributed by atoms with Gasteiger partial charge in [-0.05, 0) is 55.7 Å². The first-order valence-electron chi connectivity index (χ1n) is 10.3. The SMILES string of the molecule is CC(CCc1ccccc1)NC(=O)c1cccc(S(=O)(=O)Nc2ccc3c(c2)OCO3)c1. The molecule has 0 radical (unpaired) electrons. The number of ether oxygens (including phenoxy) is 2. The summed E-state index contributed by atoms with van der Waals surface area (Å²) >= 11 is 0. The third-order valence-corrected chi connectivity index (χ3v) is 6.50. The number of sulfonamides is 1. The van der Waals surface area contributed by atoms with Crippen molar-refractivity contribution in [3.8, 4) is 11.5 Å². The lowest BCUT2D eigenvalue weighted by Crippen LogP contribution is -2.33. The summed E-state index contributed by atoms with van der Waals surface area (Å²) < 4.78 is 38.7. The second-order valence-electron chi connectivity index (χ2n) is 7.60. The second kappa shape index (κ2) is 9.32. The Morgan fingerprint density at radius 1 is 0.969 bits per heavy atom. The lowest BCUT2D eigenvalue weighted by molar-refractivity contribution is 0.0938. The van der Waals surface area contributed by atoms with Gasteiger partial charge in [0.2, 0.25) is 6.79 Å². The molecule has 1 amide bonds. The molecule has 32 heavy (non-hydrogen) atoms. The lowest BCUT2D eigenvalue weighted by Gasteiger charge is -2.15. The van der Waals surface area contributed by atoms with Crippen molar-refractivity contribution in [3.05, 3.63) is 83.9 Å². The fraction of sp³-hybridized carbons (Fsp3) is 0.208. The van der Waals surface area contributed by atoms with Gasteiger partial charge in [0.1, 0.15) is 0 Å². The number of amides is 1. The highest BCUT2D eigenvalue weighted by Gasteiger charge is 2.19. The molecule has 0 saturated carbocycles. The van der Waals surface area contributed by atoms with E-state index in [2.05, 4.69) is 22.2 Å². The van der Waals surface area contributed by atoms with Gasteiger partial charge in [-0.2, -0.15) is 0 Å². The summed E-state index contributed by atoms with van der Waals surface area (Å²) in [6, 6.07) is 20.8. The van der Waals surface area contributed by atoms with E-state index in [9.17, 15) is 13.2 Å². The van der Waals surface area contributed by atoms with Gasteiger partial charge in [0, 0.05) is 17.7 Å². The zero-order chi connectivity index (χ0) is 22.6. The van der Waals surface area contributed by atoms with Gasteiger partial charge < -0.3 is 14.8 Å². The summed E-state index contributed by atoms with van der Waals surface area (Å²) in [6.07, 6.45) is 1.62. The molecular formula is C24H24N2O5S. The Labute approximate surface area is 187 Å². The van der Waals surface area contributed by atoms with Crippen LogP contribution >= 0.6 is 0 Å². The van der Waals surface area contributed by atoms with Gasteiger partial charge in [0.15, 0.2) is 11.5 Å². The van der Waals surface area contributed by atoms with E-state index in [0.29, 0.717) is 17.2 Å². The summed E-state index contributed by atoms with van der Waals surface area (Å²) in [7, 11) is -3.89. The molecule has 0 fully saturated rings. The number of benzene rings is 3. The van der Waals surface area contributed by atoms with E-state index < -0.39 is 10.0 Å². The first kappa shape index (κ1) is 21.7. The number of nitrogens with one attached hydrogen (secondary N) is 2. The Kier molecular flexibility index (Phi) is 6.32. The number of hydrogen-bond acceptors (Lipinski definition) is 5. The summed E-state index contributed by atoms with van der Waals surface area (Å²) in [5.74, 6) is 0.724. The number of aryl methyl sites for hydroxylation is 1. The smallest absolute Gasteiger partial charge is 0.261 e. The molecule has 166 valence electrons. The van der Waals surface area contributed by atoms with Crippen LogP contribution in [-0.2, 0) is 16.4 Å². The topological polar surface area (TPSA) is 93.7 Å². The second-order valence-corrected chi connectivity index (χ2v) is 9.28. The monoisotopic (exact) mass is 452 g/mol. The number of hydrogen-bond donors (Lipinski definition) is 2. The fourth-order valence-electron chi connectivity index (χ4n) is 3.39. The predicted octanol–water partition coefficient (Wildman–Crippen LogP) is 3.97. The Balaban J connectivity index is 1.41. The Hall–Kier alpha value is -3.52. The van der Waals surface area contributed by atoms with Gasteiger partial charge in [0.25, 0.3) is 15.9 Å². The molecule has 0 aromatic heterocycles. The molecule has 0 aliphatic carbocycles. The molecule has 3 aromatic carbocycles. The molecule has 1 aliphatic heterocycles. The maximum absolute atomic E-state index is 12.8. The Morgan fingerprint density at radius 2 is 1.75 bits per heavy atom. The minimum absolute atomic E-state index is 0.000226. The normalized spacial score (nSPS) is 13.4. The zero-order valence-electron chi connectivity index (χ0n) is 17.6. The van der Waals surface area contributed by atoms with E-state index in [0.717, 1.165) is 12.8 Å². The number of carbonyl (C=O) groups is 1. The first-order valence-corrected chi connectivity index (χ1v) is 11.8. The van der Waals surface area contributed by atoms with E-state index in [-0.39, 0.29) is 29.2 Å². The van der Waals surface area contributed by atoms with Crippen molar-refractivity contribution in [1.29, 1.82) is 0 Å². The molecule has 0 bridgehead atoms. The molecule has 0 spiro atoms. The third kappa shape index (κ3) is 5.20. The summed E-state index contributed by atoms with van der Waals surface area (Å²) in [5, 5.41) is 2.94. The van der Waals surface area contributed by atoms with Gasteiger partial charge in [-0.15, -0.1) is 0 Å². The van der Waals surface area contributed by atoms with Crippen LogP contribution in [0.2, 0.25) is 0 Å². The van der Waals surface area contributed by atoms with E-state index in [4.69, 9.17) is 9.47 Å². The molecule has 3 aromatic rings.